The molecule has 1 aromatic heterocycles. The van der Waals surface area contributed by atoms with Crippen molar-refractivity contribution in [1.82, 2.24) is 4.98 Å². The molecule has 1 atom stereocenters. The number of carboxylic acids is 1. The quantitative estimate of drug-likeness (QED) is 0.851. The number of fused-ring (bicyclic) bond motifs is 1. The van der Waals surface area contributed by atoms with E-state index in [1.54, 1.807) is 18.2 Å². The molecule has 1 heterocycles. The van der Waals surface area contributed by atoms with E-state index in [9.17, 15) is 14.7 Å². The minimum Gasteiger partial charge on any atom is -0.481 e. The minimum absolute atomic E-state index is 0.0849. The van der Waals surface area contributed by atoms with Gasteiger partial charge in [0, 0.05) is 5.56 Å². The van der Waals surface area contributed by atoms with Gasteiger partial charge >= 0.3 is 11.7 Å². The van der Waals surface area contributed by atoms with E-state index in [0.29, 0.717) is 16.7 Å². The Labute approximate surface area is 97.1 Å². The van der Waals surface area contributed by atoms with Crippen LogP contribution in [-0.4, -0.2) is 16.1 Å². The normalized spacial score (nSPS) is 13.1. The number of carboxylic acid groups (broad SMARTS) is 1. The van der Waals surface area contributed by atoms with Crippen LogP contribution >= 0.6 is 0 Å². The average Bonchev–Trinajstić information content (AvgIpc) is 2.58. The number of H-pyrrole nitrogens is 1. The van der Waals surface area contributed by atoms with Crippen molar-refractivity contribution < 1.29 is 14.3 Å². The molecule has 0 aliphatic carbocycles. The molecule has 0 saturated heterocycles. The largest absolute Gasteiger partial charge is 0.481 e. The summed E-state index contributed by atoms with van der Waals surface area (Å²) < 4.78 is 5.01. The van der Waals surface area contributed by atoms with Crippen LogP contribution in [0.15, 0.2) is 27.4 Å². The fourth-order valence-corrected chi connectivity index (χ4v) is 2.02. The molecular formula is C12H13NO4. The number of hydrogen-bond donors (Lipinski definition) is 2. The van der Waals surface area contributed by atoms with E-state index in [2.05, 4.69) is 4.98 Å². The molecule has 0 aliphatic rings. The van der Waals surface area contributed by atoms with Crippen LogP contribution in [0.5, 0.6) is 0 Å². The van der Waals surface area contributed by atoms with Crippen LogP contribution < -0.4 is 5.76 Å². The van der Waals surface area contributed by atoms with Gasteiger partial charge in [-0.05, 0) is 12.0 Å². The van der Waals surface area contributed by atoms with E-state index in [1.165, 1.54) is 0 Å². The SMILES string of the molecule is CC(C)C(C(=O)O)c1cccc2[nH]c(=O)oc12. The van der Waals surface area contributed by atoms with Crippen molar-refractivity contribution in [3.63, 3.8) is 0 Å². The molecule has 2 rings (SSSR count). The third-order valence-corrected chi connectivity index (χ3v) is 2.74. The Morgan fingerprint density at radius 1 is 1.41 bits per heavy atom. The first-order chi connectivity index (χ1) is 8.00. The van der Waals surface area contributed by atoms with Crippen LogP contribution in [0.2, 0.25) is 0 Å². The van der Waals surface area contributed by atoms with Gasteiger partial charge in [0.05, 0.1) is 11.4 Å². The van der Waals surface area contributed by atoms with Gasteiger partial charge in [0.2, 0.25) is 0 Å². The van der Waals surface area contributed by atoms with Gasteiger partial charge in [0.15, 0.2) is 5.58 Å². The number of para-hydroxylation sites is 1. The molecule has 17 heavy (non-hydrogen) atoms. The molecule has 0 saturated carbocycles. The van der Waals surface area contributed by atoms with Gasteiger partial charge in [0.25, 0.3) is 0 Å². The van der Waals surface area contributed by atoms with Crippen molar-refractivity contribution in [3.05, 3.63) is 34.3 Å². The molecule has 0 radical (unpaired) electrons. The summed E-state index contributed by atoms with van der Waals surface area (Å²) in [6.07, 6.45) is 0. The lowest BCUT2D eigenvalue weighted by atomic mass is 9.88. The van der Waals surface area contributed by atoms with Crippen molar-refractivity contribution in [3.8, 4) is 0 Å². The van der Waals surface area contributed by atoms with Crippen molar-refractivity contribution in [2.45, 2.75) is 19.8 Å². The van der Waals surface area contributed by atoms with Gasteiger partial charge in [-0.3, -0.25) is 9.78 Å². The summed E-state index contributed by atoms with van der Waals surface area (Å²) >= 11 is 0. The lowest BCUT2D eigenvalue weighted by molar-refractivity contribution is -0.139. The molecule has 0 bridgehead atoms. The minimum atomic E-state index is -0.920. The summed E-state index contributed by atoms with van der Waals surface area (Å²) in [6.45, 7) is 3.64. The zero-order chi connectivity index (χ0) is 12.6. The molecule has 90 valence electrons. The molecule has 2 aromatic rings. The van der Waals surface area contributed by atoms with E-state index in [1.807, 2.05) is 13.8 Å². The monoisotopic (exact) mass is 235 g/mol. The Kier molecular flexibility index (Phi) is 2.75. The van der Waals surface area contributed by atoms with Gasteiger partial charge in [-0.25, -0.2) is 4.79 Å². The lowest BCUT2D eigenvalue weighted by Crippen LogP contribution is -2.17. The molecule has 0 spiro atoms. The molecule has 5 nitrogen and oxygen atoms in total. The Bertz CT molecular complexity index is 608. The standard InChI is InChI=1S/C12H13NO4/c1-6(2)9(11(14)15)7-4-3-5-8-10(7)17-12(16)13-8/h3-6,9H,1-2H3,(H,13,16)(H,14,15). The van der Waals surface area contributed by atoms with E-state index >= 15 is 0 Å². The summed E-state index contributed by atoms with van der Waals surface area (Å²) in [5, 5.41) is 9.23. The zero-order valence-corrected chi connectivity index (χ0v) is 9.56. The second-order valence-corrected chi connectivity index (χ2v) is 4.30. The first-order valence-electron chi connectivity index (χ1n) is 5.35. The number of benzene rings is 1. The topological polar surface area (TPSA) is 83.3 Å². The summed E-state index contributed by atoms with van der Waals surface area (Å²) in [5.74, 6) is -2.26. The van der Waals surface area contributed by atoms with Crippen LogP contribution in [0, 0.1) is 5.92 Å². The van der Waals surface area contributed by atoms with Crippen LogP contribution in [0.1, 0.15) is 25.3 Å². The lowest BCUT2D eigenvalue weighted by Gasteiger charge is -2.16. The van der Waals surface area contributed by atoms with E-state index < -0.39 is 17.6 Å². The molecule has 0 amide bonds. The Morgan fingerprint density at radius 3 is 2.71 bits per heavy atom. The predicted octanol–water partition coefficient (Wildman–Crippen LogP) is 1.95. The third-order valence-electron chi connectivity index (χ3n) is 2.74. The predicted molar refractivity (Wildman–Crippen MR) is 62.0 cm³/mol. The fourth-order valence-electron chi connectivity index (χ4n) is 2.02. The van der Waals surface area contributed by atoms with Crippen LogP contribution in [0.3, 0.4) is 0 Å². The molecule has 5 heteroatoms. The van der Waals surface area contributed by atoms with E-state index in [-0.39, 0.29) is 5.92 Å². The van der Waals surface area contributed by atoms with E-state index in [0.717, 1.165) is 0 Å². The fraction of sp³-hybridized carbons (Fsp3) is 0.333. The number of rotatable bonds is 3. The number of aliphatic carboxylic acids is 1. The Morgan fingerprint density at radius 2 is 2.12 bits per heavy atom. The van der Waals surface area contributed by atoms with Gasteiger partial charge in [-0.2, -0.15) is 0 Å². The molecular weight excluding hydrogens is 222 g/mol. The molecule has 0 aliphatic heterocycles. The van der Waals surface area contributed by atoms with Crippen molar-refractivity contribution in [2.75, 3.05) is 0 Å². The molecule has 2 N–H and O–H groups in total. The van der Waals surface area contributed by atoms with Gasteiger partial charge < -0.3 is 9.52 Å². The summed E-state index contributed by atoms with van der Waals surface area (Å²) in [5.41, 5.74) is 1.39. The molecule has 1 unspecified atom stereocenters. The number of carbonyl (C=O) groups is 1. The van der Waals surface area contributed by atoms with Crippen molar-refractivity contribution in [1.29, 1.82) is 0 Å². The average molecular weight is 235 g/mol. The van der Waals surface area contributed by atoms with Crippen molar-refractivity contribution >= 4 is 17.1 Å². The number of oxazole rings is 1. The van der Waals surface area contributed by atoms with Crippen LogP contribution in [-0.2, 0) is 4.79 Å². The Balaban J connectivity index is 2.68. The zero-order valence-electron chi connectivity index (χ0n) is 9.56. The smallest absolute Gasteiger partial charge is 0.417 e. The maximum Gasteiger partial charge on any atom is 0.417 e. The van der Waals surface area contributed by atoms with E-state index in [4.69, 9.17) is 4.42 Å². The summed E-state index contributed by atoms with van der Waals surface area (Å²) in [6, 6.07) is 5.07. The first-order valence-corrected chi connectivity index (χ1v) is 5.35. The first kappa shape index (κ1) is 11.4. The van der Waals surface area contributed by atoms with Crippen LogP contribution in [0.25, 0.3) is 11.1 Å². The number of hydrogen-bond acceptors (Lipinski definition) is 3. The highest BCUT2D eigenvalue weighted by Crippen LogP contribution is 2.29. The van der Waals surface area contributed by atoms with Crippen LogP contribution in [0.4, 0.5) is 0 Å². The maximum absolute atomic E-state index is 11.3. The van der Waals surface area contributed by atoms with Crippen molar-refractivity contribution in [2.24, 2.45) is 5.92 Å². The summed E-state index contributed by atoms with van der Waals surface area (Å²) in [7, 11) is 0. The maximum atomic E-state index is 11.3. The highest BCUT2D eigenvalue weighted by atomic mass is 16.4. The Hall–Kier alpha value is -2.04. The summed E-state index contributed by atoms with van der Waals surface area (Å²) in [4.78, 5) is 24.9. The second-order valence-electron chi connectivity index (χ2n) is 4.30. The number of aromatic nitrogens is 1. The van der Waals surface area contributed by atoms with Gasteiger partial charge in [0.1, 0.15) is 0 Å². The van der Waals surface area contributed by atoms with Gasteiger partial charge in [-0.1, -0.05) is 26.0 Å². The molecule has 1 aromatic carbocycles. The highest BCUT2D eigenvalue weighted by Gasteiger charge is 2.26. The number of nitrogens with one attached hydrogen (secondary N) is 1. The second kappa shape index (κ2) is 4.08. The van der Waals surface area contributed by atoms with Gasteiger partial charge in [-0.15, -0.1) is 0 Å². The highest BCUT2D eigenvalue weighted by molar-refractivity contribution is 5.85. The third kappa shape index (κ3) is 1.95. The number of aromatic amines is 1. The molecule has 0 fully saturated rings.